The van der Waals surface area contributed by atoms with E-state index in [1.54, 1.807) is 20.8 Å². The molecule has 0 saturated carbocycles. The highest BCUT2D eigenvalue weighted by atomic mass is 32.1. The molecule has 0 radical (unpaired) electrons. The second-order valence-electron chi connectivity index (χ2n) is 6.36. The fraction of sp³-hybridized carbons (Fsp3) is 0.238. The number of carbonyl (C=O) groups is 2. The average molecular weight is 411 g/mol. The Bertz CT molecular complexity index is 1100. The first kappa shape index (κ1) is 20.5. The highest BCUT2D eigenvalue weighted by molar-refractivity contribution is 7.15. The zero-order chi connectivity index (χ0) is 21.0. The van der Waals surface area contributed by atoms with E-state index < -0.39 is 11.9 Å². The Morgan fingerprint density at radius 3 is 2.59 bits per heavy atom. The molecule has 0 saturated heterocycles. The van der Waals surface area contributed by atoms with Crippen LogP contribution in [0.5, 0.6) is 0 Å². The third-order valence-electron chi connectivity index (χ3n) is 4.24. The van der Waals surface area contributed by atoms with Crippen LogP contribution in [0.3, 0.4) is 0 Å². The van der Waals surface area contributed by atoms with Crippen LogP contribution < -0.4 is 10.9 Å². The van der Waals surface area contributed by atoms with Gasteiger partial charge in [-0.05, 0) is 26.3 Å². The minimum absolute atomic E-state index is 0.196. The summed E-state index contributed by atoms with van der Waals surface area (Å²) in [5.41, 5.74) is 2.14. The van der Waals surface area contributed by atoms with E-state index in [0.29, 0.717) is 27.6 Å². The molecule has 150 valence electrons. The number of nitrogens with zero attached hydrogens (tertiary/aromatic N) is 2. The summed E-state index contributed by atoms with van der Waals surface area (Å²) in [4.78, 5) is 41.6. The summed E-state index contributed by atoms with van der Waals surface area (Å²) < 4.78 is 6.48. The molecule has 0 unspecified atom stereocenters. The fourth-order valence-corrected chi connectivity index (χ4v) is 3.93. The van der Waals surface area contributed by atoms with Crippen LogP contribution in [0.25, 0.3) is 11.1 Å². The molecule has 1 amide bonds. The van der Waals surface area contributed by atoms with Crippen LogP contribution >= 0.6 is 11.3 Å². The number of ether oxygens (including phenoxy) is 1. The molecule has 1 aromatic carbocycles. The van der Waals surface area contributed by atoms with E-state index in [2.05, 4.69) is 10.3 Å². The maximum absolute atomic E-state index is 12.6. The Hall–Kier alpha value is -3.26. The third kappa shape index (κ3) is 4.60. The van der Waals surface area contributed by atoms with Crippen molar-refractivity contribution < 1.29 is 14.3 Å². The van der Waals surface area contributed by atoms with Crippen LogP contribution in [-0.4, -0.2) is 28.0 Å². The largest absolute Gasteiger partial charge is 0.462 e. The van der Waals surface area contributed by atoms with Crippen molar-refractivity contribution in [2.24, 2.45) is 0 Å². The van der Waals surface area contributed by atoms with E-state index in [4.69, 9.17) is 4.74 Å². The maximum Gasteiger partial charge on any atom is 0.341 e. The predicted molar refractivity (Wildman–Crippen MR) is 112 cm³/mol. The number of hydrogen-bond acceptors (Lipinski definition) is 6. The zero-order valence-corrected chi connectivity index (χ0v) is 17.2. The summed E-state index contributed by atoms with van der Waals surface area (Å²) in [6.07, 6.45) is 0. The number of carbonyl (C=O) groups excluding carboxylic acids is 2. The SMILES string of the molecule is CCOC(=O)c1c(-c2ccccc2)csc1NC(=O)Cn1c(C)nc(C)cc1=O. The van der Waals surface area contributed by atoms with Gasteiger partial charge in [0.05, 0.1) is 6.61 Å². The van der Waals surface area contributed by atoms with Gasteiger partial charge in [0.2, 0.25) is 5.91 Å². The minimum atomic E-state index is -0.506. The van der Waals surface area contributed by atoms with Gasteiger partial charge in [0, 0.05) is 22.7 Å². The van der Waals surface area contributed by atoms with Crippen molar-refractivity contribution in [3.05, 3.63) is 69.2 Å². The standard InChI is InChI=1S/C21H21N3O4S/c1-4-28-21(27)19-16(15-8-6-5-7-9-15)12-29-20(19)23-17(25)11-24-14(3)22-13(2)10-18(24)26/h5-10,12H,4,11H2,1-3H3,(H,23,25). The second kappa shape index (κ2) is 8.83. The van der Waals surface area contributed by atoms with Crippen LogP contribution in [0.4, 0.5) is 5.00 Å². The molecular formula is C21H21N3O4S. The number of hydrogen-bond donors (Lipinski definition) is 1. The second-order valence-corrected chi connectivity index (χ2v) is 7.24. The molecule has 2 aromatic heterocycles. The number of benzene rings is 1. The van der Waals surface area contributed by atoms with Crippen LogP contribution in [0.15, 0.2) is 46.6 Å². The van der Waals surface area contributed by atoms with Gasteiger partial charge < -0.3 is 10.1 Å². The quantitative estimate of drug-likeness (QED) is 0.628. The lowest BCUT2D eigenvalue weighted by Gasteiger charge is -2.11. The van der Waals surface area contributed by atoms with Crippen LogP contribution in [0.1, 0.15) is 28.8 Å². The normalized spacial score (nSPS) is 10.6. The molecule has 2 heterocycles. The first-order valence-corrected chi connectivity index (χ1v) is 9.97. The molecule has 3 aromatic rings. The topological polar surface area (TPSA) is 90.3 Å². The fourth-order valence-electron chi connectivity index (χ4n) is 2.95. The minimum Gasteiger partial charge on any atom is -0.462 e. The third-order valence-corrected chi connectivity index (χ3v) is 5.13. The summed E-state index contributed by atoms with van der Waals surface area (Å²) in [5.74, 6) is -0.479. The Balaban J connectivity index is 1.91. The van der Waals surface area contributed by atoms with E-state index in [-0.39, 0.29) is 18.7 Å². The summed E-state index contributed by atoms with van der Waals surface area (Å²) in [6, 6.07) is 10.8. The van der Waals surface area contributed by atoms with E-state index in [9.17, 15) is 14.4 Å². The Labute approximate surface area is 172 Å². The average Bonchev–Trinajstić information content (AvgIpc) is 3.09. The lowest BCUT2D eigenvalue weighted by molar-refractivity contribution is -0.116. The first-order valence-electron chi connectivity index (χ1n) is 9.09. The lowest BCUT2D eigenvalue weighted by Crippen LogP contribution is -2.30. The van der Waals surface area contributed by atoms with Crippen molar-refractivity contribution in [1.29, 1.82) is 0 Å². The van der Waals surface area contributed by atoms with Crippen molar-refractivity contribution in [2.75, 3.05) is 11.9 Å². The summed E-state index contributed by atoms with van der Waals surface area (Å²) in [7, 11) is 0. The lowest BCUT2D eigenvalue weighted by atomic mass is 10.0. The molecule has 0 spiro atoms. The number of nitrogens with one attached hydrogen (secondary N) is 1. The van der Waals surface area contributed by atoms with Crippen LogP contribution in [0, 0.1) is 13.8 Å². The smallest absolute Gasteiger partial charge is 0.341 e. The molecule has 7 nitrogen and oxygen atoms in total. The summed E-state index contributed by atoms with van der Waals surface area (Å²) >= 11 is 1.24. The van der Waals surface area contributed by atoms with E-state index in [0.717, 1.165) is 5.56 Å². The van der Waals surface area contributed by atoms with Crippen LogP contribution in [0.2, 0.25) is 0 Å². The number of rotatable bonds is 6. The molecule has 0 atom stereocenters. The van der Waals surface area contributed by atoms with Gasteiger partial charge in [0.25, 0.3) is 5.56 Å². The number of esters is 1. The van der Waals surface area contributed by atoms with E-state index in [1.165, 1.54) is 22.0 Å². The molecule has 0 aliphatic heterocycles. The maximum atomic E-state index is 12.6. The molecule has 0 bridgehead atoms. The van der Waals surface area contributed by atoms with Crippen molar-refractivity contribution in [2.45, 2.75) is 27.3 Å². The van der Waals surface area contributed by atoms with E-state index >= 15 is 0 Å². The number of aryl methyl sites for hydroxylation is 2. The molecule has 0 aliphatic rings. The molecule has 3 rings (SSSR count). The molecule has 1 N–H and O–H groups in total. The van der Waals surface area contributed by atoms with Gasteiger partial charge in [-0.2, -0.15) is 0 Å². The number of thiophene rings is 1. The number of amides is 1. The van der Waals surface area contributed by atoms with Gasteiger partial charge in [-0.25, -0.2) is 9.78 Å². The van der Waals surface area contributed by atoms with Crippen LogP contribution in [-0.2, 0) is 16.1 Å². The van der Waals surface area contributed by atoms with Crippen molar-refractivity contribution in [3.8, 4) is 11.1 Å². The first-order chi connectivity index (χ1) is 13.9. The molecule has 0 aliphatic carbocycles. The molecule has 8 heteroatoms. The predicted octanol–water partition coefficient (Wildman–Crippen LogP) is 3.40. The van der Waals surface area contributed by atoms with Gasteiger partial charge in [0.1, 0.15) is 22.9 Å². The zero-order valence-electron chi connectivity index (χ0n) is 16.4. The van der Waals surface area contributed by atoms with Gasteiger partial charge in [-0.1, -0.05) is 30.3 Å². The highest BCUT2D eigenvalue weighted by Gasteiger charge is 2.23. The van der Waals surface area contributed by atoms with E-state index in [1.807, 2.05) is 35.7 Å². The highest BCUT2D eigenvalue weighted by Crippen LogP contribution is 2.36. The van der Waals surface area contributed by atoms with Gasteiger partial charge in [0.15, 0.2) is 0 Å². The summed E-state index contributed by atoms with van der Waals surface area (Å²) in [5, 5.41) is 4.94. The molecule has 0 fully saturated rings. The number of aromatic nitrogens is 2. The van der Waals surface area contributed by atoms with Crippen molar-refractivity contribution in [3.63, 3.8) is 0 Å². The molecule has 29 heavy (non-hydrogen) atoms. The van der Waals surface area contributed by atoms with Crippen molar-refractivity contribution in [1.82, 2.24) is 9.55 Å². The Morgan fingerprint density at radius 2 is 1.93 bits per heavy atom. The Morgan fingerprint density at radius 1 is 1.21 bits per heavy atom. The van der Waals surface area contributed by atoms with Crippen molar-refractivity contribution >= 4 is 28.2 Å². The Kier molecular flexibility index (Phi) is 6.23. The summed E-state index contributed by atoms with van der Waals surface area (Å²) in [6.45, 7) is 5.15. The number of anilines is 1. The van der Waals surface area contributed by atoms with Gasteiger partial charge in [-0.3, -0.25) is 14.2 Å². The van der Waals surface area contributed by atoms with Gasteiger partial charge in [-0.15, -0.1) is 11.3 Å². The monoisotopic (exact) mass is 411 g/mol. The molecular weight excluding hydrogens is 390 g/mol. The van der Waals surface area contributed by atoms with Gasteiger partial charge >= 0.3 is 5.97 Å².